The molecule has 0 spiro atoms. The number of benzene rings is 2. The lowest BCUT2D eigenvalue weighted by Crippen LogP contribution is -2.46. The maximum Gasteiger partial charge on any atom is 0.319 e. The number of para-hydroxylation sites is 1. The quantitative estimate of drug-likeness (QED) is 0.450. The summed E-state index contributed by atoms with van der Waals surface area (Å²) in [6, 6.07) is 17.7. The molecule has 2 aromatic carbocycles. The first-order chi connectivity index (χ1) is 16.1. The van der Waals surface area contributed by atoms with Crippen molar-refractivity contribution in [2.45, 2.75) is 0 Å². The van der Waals surface area contributed by atoms with Gasteiger partial charge in [-0.2, -0.15) is 0 Å². The fourth-order valence-electron chi connectivity index (χ4n) is 3.41. The van der Waals surface area contributed by atoms with Crippen molar-refractivity contribution in [3.8, 4) is 0 Å². The van der Waals surface area contributed by atoms with Gasteiger partial charge in [-0.25, -0.2) is 9.78 Å². The number of nitrogens with zero attached hydrogens (tertiary/aromatic N) is 2. The summed E-state index contributed by atoms with van der Waals surface area (Å²) in [6.45, 7) is 2.00. The van der Waals surface area contributed by atoms with E-state index in [-0.39, 0.29) is 18.2 Å². The van der Waals surface area contributed by atoms with Crippen LogP contribution in [0.25, 0.3) is 17.0 Å². The predicted octanol–water partition coefficient (Wildman–Crippen LogP) is 3.11. The van der Waals surface area contributed by atoms with Gasteiger partial charge < -0.3 is 20.3 Å². The average Bonchev–Trinajstić information content (AvgIpc) is 2.86. The third-order valence-corrected chi connectivity index (χ3v) is 5.22. The van der Waals surface area contributed by atoms with Gasteiger partial charge in [-0.15, -0.1) is 0 Å². The minimum Gasteiger partial charge on any atom is -0.378 e. The van der Waals surface area contributed by atoms with Crippen LogP contribution in [0.15, 0.2) is 66.7 Å². The summed E-state index contributed by atoms with van der Waals surface area (Å²) >= 11 is 0. The van der Waals surface area contributed by atoms with Crippen molar-refractivity contribution < 1.29 is 19.1 Å². The molecule has 3 amide bonds. The van der Waals surface area contributed by atoms with E-state index in [1.807, 2.05) is 36.4 Å². The summed E-state index contributed by atoms with van der Waals surface area (Å²) in [4.78, 5) is 42.8. The second-order valence-corrected chi connectivity index (χ2v) is 7.50. The van der Waals surface area contributed by atoms with E-state index >= 15 is 0 Å². The zero-order chi connectivity index (χ0) is 23.0. The molecule has 1 aliphatic heterocycles. The molecule has 2 N–H and O–H groups in total. The van der Waals surface area contributed by atoms with Gasteiger partial charge in [0.05, 0.1) is 31.0 Å². The molecule has 0 atom stereocenters. The number of anilines is 1. The Morgan fingerprint density at radius 1 is 0.970 bits per heavy atom. The lowest BCUT2D eigenvalue weighted by atomic mass is 10.1. The lowest BCUT2D eigenvalue weighted by molar-refractivity contribution is -0.134. The van der Waals surface area contributed by atoms with E-state index in [0.29, 0.717) is 43.2 Å². The van der Waals surface area contributed by atoms with Crippen molar-refractivity contribution in [2.24, 2.45) is 0 Å². The van der Waals surface area contributed by atoms with Crippen molar-refractivity contribution in [3.63, 3.8) is 0 Å². The van der Waals surface area contributed by atoms with Crippen LogP contribution in [0.2, 0.25) is 0 Å². The summed E-state index contributed by atoms with van der Waals surface area (Å²) in [7, 11) is 0. The van der Waals surface area contributed by atoms with E-state index in [1.165, 1.54) is 6.08 Å². The number of ether oxygens (including phenoxy) is 1. The Hall–Kier alpha value is -4.04. The van der Waals surface area contributed by atoms with Crippen LogP contribution in [0.5, 0.6) is 0 Å². The first-order valence-electron chi connectivity index (χ1n) is 10.7. The number of morpholine rings is 1. The Bertz CT molecular complexity index is 1180. The van der Waals surface area contributed by atoms with E-state index in [4.69, 9.17) is 4.74 Å². The van der Waals surface area contributed by atoms with Crippen LogP contribution in [-0.2, 0) is 9.53 Å². The van der Waals surface area contributed by atoms with E-state index in [2.05, 4.69) is 15.6 Å². The highest BCUT2D eigenvalue weighted by atomic mass is 16.5. The molecule has 1 fully saturated rings. The molecule has 8 heteroatoms. The standard InChI is InChI=1S/C25H24N4O4/c30-23(12-11-20-8-5-18-3-1-2-4-22(18)27-20)19-6-9-21(10-7-19)28-25(32)26-17-24(31)29-13-15-33-16-14-29/h1-12H,13-17H2,(H2,26,28,32)/b12-11+. The molecule has 1 aliphatic rings. The van der Waals surface area contributed by atoms with Crippen molar-refractivity contribution in [1.29, 1.82) is 0 Å². The number of fused-ring (bicyclic) bond motifs is 1. The summed E-state index contributed by atoms with van der Waals surface area (Å²) in [5.41, 5.74) is 2.57. The van der Waals surface area contributed by atoms with Gasteiger partial charge in [0, 0.05) is 29.7 Å². The molecule has 4 rings (SSSR count). The smallest absolute Gasteiger partial charge is 0.319 e. The Kier molecular flexibility index (Phi) is 7.06. The van der Waals surface area contributed by atoms with Crippen molar-refractivity contribution >= 4 is 40.4 Å². The van der Waals surface area contributed by atoms with Crippen molar-refractivity contribution in [1.82, 2.24) is 15.2 Å². The average molecular weight is 444 g/mol. The third-order valence-electron chi connectivity index (χ3n) is 5.22. The maximum atomic E-state index is 12.5. The summed E-state index contributed by atoms with van der Waals surface area (Å²) < 4.78 is 5.21. The van der Waals surface area contributed by atoms with Crippen LogP contribution in [0.4, 0.5) is 10.5 Å². The van der Waals surface area contributed by atoms with Crippen LogP contribution in [0, 0.1) is 0 Å². The van der Waals surface area contributed by atoms with Gasteiger partial charge in [-0.1, -0.05) is 24.3 Å². The number of carbonyl (C=O) groups excluding carboxylic acids is 3. The normalized spacial score (nSPS) is 13.8. The molecule has 0 saturated carbocycles. The maximum absolute atomic E-state index is 12.5. The van der Waals surface area contributed by atoms with Crippen LogP contribution in [-0.4, -0.2) is 60.5 Å². The van der Waals surface area contributed by atoms with Crippen LogP contribution in [0.1, 0.15) is 16.1 Å². The largest absolute Gasteiger partial charge is 0.378 e. The number of hydrogen-bond donors (Lipinski definition) is 2. The number of hydrogen-bond acceptors (Lipinski definition) is 5. The Labute approximate surface area is 191 Å². The summed E-state index contributed by atoms with van der Waals surface area (Å²) in [5.74, 6) is -0.320. The number of allylic oxidation sites excluding steroid dienone is 1. The van der Waals surface area contributed by atoms with Crippen molar-refractivity contribution in [2.75, 3.05) is 38.2 Å². The zero-order valence-electron chi connectivity index (χ0n) is 18.0. The second-order valence-electron chi connectivity index (χ2n) is 7.50. The fourth-order valence-corrected chi connectivity index (χ4v) is 3.41. The van der Waals surface area contributed by atoms with Gasteiger partial charge in [-0.05, 0) is 48.6 Å². The molecule has 33 heavy (non-hydrogen) atoms. The molecular weight excluding hydrogens is 420 g/mol. The highest BCUT2D eigenvalue weighted by Gasteiger charge is 2.17. The minimum atomic E-state index is -0.488. The van der Waals surface area contributed by atoms with Gasteiger partial charge in [0.25, 0.3) is 0 Å². The zero-order valence-corrected chi connectivity index (χ0v) is 18.0. The Morgan fingerprint density at radius 2 is 1.73 bits per heavy atom. The topological polar surface area (TPSA) is 101 Å². The number of urea groups is 1. The van der Waals surface area contributed by atoms with Gasteiger partial charge in [0.15, 0.2) is 5.78 Å². The monoisotopic (exact) mass is 444 g/mol. The first kappa shape index (κ1) is 22.2. The minimum absolute atomic E-state index is 0.0873. The number of rotatable bonds is 6. The van der Waals surface area contributed by atoms with Crippen LogP contribution in [0.3, 0.4) is 0 Å². The van der Waals surface area contributed by atoms with E-state index in [1.54, 1.807) is 35.2 Å². The number of ketones is 1. The number of carbonyl (C=O) groups is 3. The summed E-state index contributed by atoms with van der Waals surface area (Å²) in [6.07, 6.45) is 3.16. The number of amides is 3. The van der Waals surface area contributed by atoms with Crippen LogP contribution >= 0.6 is 0 Å². The molecule has 0 unspecified atom stereocenters. The highest BCUT2D eigenvalue weighted by Crippen LogP contribution is 2.14. The molecule has 168 valence electrons. The fraction of sp³-hybridized carbons (Fsp3) is 0.200. The molecule has 0 radical (unpaired) electrons. The Balaban J connectivity index is 1.28. The highest BCUT2D eigenvalue weighted by molar-refractivity contribution is 6.07. The molecule has 8 nitrogen and oxygen atoms in total. The molecule has 3 aromatic rings. The molecule has 2 heterocycles. The molecule has 1 saturated heterocycles. The van der Waals surface area contributed by atoms with E-state index in [0.717, 1.165) is 10.9 Å². The lowest BCUT2D eigenvalue weighted by Gasteiger charge is -2.26. The first-order valence-corrected chi connectivity index (χ1v) is 10.7. The number of aromatic nitrogens is 1. The SMILES string of the molecule is O=C(NCC(=O)N1CCOCC1)Nc1ccc(C(=O)/C=C/c2ccc3ccccc3n2)cc1. The van der Waals surface area contributed by atoms with E-state index in [9.17, 15) is 14.4 Å². The summed E-state index contributed by atoms with van der Waals surface area (Å²) in [5, 5.41) is 6.25. The van der Waals surface area contributed by atoms with Gasteiger partial charge >= 0.3 is 6.03 Å². The van der Waals surface area contributed by atoms with Gasteiger partial charge in [0.1, 0.15) is 0 Å². The number of pyridine rings is 1. The van der Waals surface area contributed by atoms with Crippen LogP contribution < -0.4 is 10.6 Å². The van der Waals surface area contributed by atoms with Crippen molar-refractivity contribution in [3.05, 3.63) is 78.0 Å². The molecule has 0 bridgehead atoms. The van der Waals surface area contributed by atoms with Gasteiger partial charge in [0.2, 0.25) is 5.91 Å². The van der Waals surface area contributed by atoms with E-state index < -0.39 is 6.03 Å². The third kappa shape index (κ3) is 6.02. The Morgan fingerprint density at radius 3 is 2.52 bits per heavy atom. The predicted molar refractivity (Wildman–Crippen MR) is 126 cm³/mol. The van der Waals surface area contributed by atoms with Gasteiger partial charge in [-0.3, -0.25) is 9.59 Å². The molecule has 1 aromatic heterocycles. The second kappa shape index (κ2) is 10.5. The molecular formula is C25H24N4O4. The molecule has 0 aliphatic carbocycles. The number of nitrogens with one attached hydrogen (secondary N) is 2.